The van der Waals surface area contributed by atoms with Crippen LogP contribution in [0.4, 0.5) is 0 Å². The van der Waals surface area contributed by atoms with Gasteiger partial charge in [0.1, 0.15) is 24.1 Å². The molecule has 1 saturated heterocycles. The molecule has 0 bridgehead atoms. The highest BCUT2D eigenvalue weighted by molar-refractivity contribution is 5.95. The predicted octanol–water partition coefficient (Wildman–Crippen LogP) is 6.80. The average Bonchev–Trinajstić information content (AvgIpc) is 3.51. The zero-order valence-electron chi connectivity index (χ0n) is 22.4. The lowest BCUT2D eigenvalue weighted by Crippen LogP contribution is -2.42. The van der Waals surface area contributed by atoms with Crippen molar-refractivity contribution >= 4 is 29.0 Å². The van der Waals surface area contributed by atoms with E-state index in [-0.39, 0.29) is 18.5 Å². The Bertz CT molecular complexity index is 1640. The van der Waals surface area contributed by atoms with Gasteiger partial charge in [-0.3, -0.25) is 4.79 Å². The molecule has 2 fully saturated rings. The first-order valence-corrected chi connectivity index (χ1v) is 13.7. The van der Waals surface area contributed by atoms with Crippen LogP contribution in [-0.4, -0.2) is 24.6 Å². The van der Waals surface area contributed by atoms with Crippen LogP contribution in [0, 0.1) is 24.2 Å². The Kier molecular flexibility index (Phi) is 7.00. The molecule has 0 radical (unpaired) electrons. The second kappa shape index (κ2) is 10.9. The van der Waals surface area contributed by atoms with Crippen LogP contribution in [0.5, 0.6) is 0 Å². The zero-order chi connectivity index (χ0) is 27.5. The number of esters is 2. The molecule has 3 aromatic carbocycles. The van der Waals surface area contributed by atoms with Crippen molar-refractivity contribution < 1.29 is 23.5 Å². The van der Waals surface area contributed by atoms with E-state index in [0.717, 1.165) is 52.7 Å². The van der Waals surface area contributed by atoms with E-state index in [1.165, 1.54) is 5.56 Å². The fraction of sp³-hybridized carbons (Fsp3) is 0.257. The monoisotopic (exact) mass is 530 g/mol. The lowest BCUT2D eigenvalue weighted by molar-refractivity contribution is -0.167. The average molecular weight is 531 g/mol. The van der Waals surface area contributed by atoms with E-state index in [4.69, 9.17) is 13.9 Å². The second-order valence-electron chi connectivity index (χ2n) is 10.8. The Balaban J connectivity index is 1.09. The summed E-state index contributed by atoms with van der Waals surface area (Å²) >= 11 is 0. The molecule has 2 aliphatic rings. The maximum absolute atomic E-state index is 13.2. The Hall–Kier alpha value is -4.56. The van der Waals surface area contributed by atoms with E-state index < -0.39 is 11.5 Å². The molecule has 40 heavy (non-hydrogen) atoms. The second-order valence-corrected chi connectivity index (χ2v) is 10.8. The molecule has 1 aromatic heterocycles. The number of carbonyl (C=O) groups is 2. The van der Waals surface area contributed by atoms with E-state index in [0.29, 0.717) is 18.4 Å². The van der Waals surface area contributed by atoms with Crippen LogP contribution in [0.15, 0.2) is 88.9 Å². The first-order chi connectivity index (χ1) is 19.5. The van der Waals surface area contributed by atoms with Gasteiger partial charge in [0.15, 0.2) is 0 Å². The van der Waals surface area contributed by atoms with Crippen molar-refractivity contribution in [2.24, 2.45) is 5.41 Å². The Morgan fingerprint density at radius 1 is 1.00 bits per heavy atom. The quantitative estimate of drug-likeness (QED) is 0.156. The maximum Gasteiger partial charge on any atom is 0.334 e. The Morgan fingerprint density at radius 3 is 2.50 bits per heavy atom. The smallest absolute Gasteiger partial charge is 0.334 e. The fourth-order valence-electron chi connectivity index (χ4n) is 5.31. The minimum absolute atomic E-state index is 0.0571. The van der Waals surface area contributed by atoms with E-state index >= 15 is 0 Å². The summed E-state index contributed by atoms with van der Waals surface area (Å²) in [4.78, 5) is 25.6. The normalized spacial score (nSPS) is 18.6. The van der Waals surface area contributed by atoms with Crippen LogP contribution in [0.1, 0.15) is 53.7 Å². The molecule has 2 heterocycles. The molecule has 6 rings (SSSR count). The standard InChI is InChI=1S/C35H30O5/c1-24-8-10-25(11-9-24)12-13-27-14-15-32-28(18-27)20-30(39-32)22-35(16-5-17-35)34(37)38-23-31-21-29(33(36)40-31)19-26-6-3-2-4-7-26/h2-4,6-11,14-15,18-20,31H,5,16-17,21-23H2,1H3/b29-19+. The third kappa shape index (κ3) is 5.58. The molecule has 1 atom stereocenters. The van der Waals surface area contributed by atoms with Crippen LogP contribution in [-0.2, 0) is 25.5 Å². The van der Waals surface area contributed by atoms with Crippen molar-refractivity contribution in [2.75, 3.05) is 6.61 Å². The van der Waals surface area contributed by atoms with Gasteiger partial charge in [-0.25, -0.2) is 4.79 Å². The highest BCUT2D eigenvalue weighted by Gasteiger charge is 2.47. The Morgan fingerprint density at radius 2 is 1.75 bits per heavy atom. The van der Waals surface area contributed by atoms with Crippen LogP contribution in [0.2, 0.25) is 0 Å². The summed E-state index contributed by atoms with van der Waals surface area (Å²) < 4.78 is 17.3. The molecule has 0 N–H and O–H groups in total. The van der Waals surface area contributed by atoms with Crippen LogP contribution >= 0.6 is 0 Å². The molecule has 0 amide bonds. The van der Waals surface area contributed by atoms with Crippen molar-refractivity contribution in [3.63, 3.8) is 0 Å². The molecule has 0 spiro atoms. The first-order valence-electron chi connectivity index (χ1n) is 13.7. The van der Waals surface area contributed by atoms with Crippen LogP contribution < -0.4 is 0 Å². The summed E-state index contributed by atoms with van der Waals surface area (Å²) in [6.07, 6.45) is 4.74. The summed E-state index contributed by atoms with van der Waals surface area (Å²) in [6, 6.07) is 25.7. The number of benzene rings is 3. The van der Waals surface area contributed by atoms with Crippen molar-refractivity contribution in [1.82, 2.24) is 0 Å². The molecular weight excluding hydrogens is 500 g/mol. The van der Waals surface area contributed by atoms with Crippen LogP contribution in [0.3, 0.4) is 0 Å². The van der Waals surface area contributed by atoms with Crippen molar-refractivity contribution in [3.8, 4) is 11.8 Å². The first kappa shape index (κ1) is 25.7. The van der Waals surface area contributed by atoms with Gasteiger partial charge in [0, 0.05) is 34.9 Å². The minimum atomic E-state index is -0.604. The molecule has 5 nitrogen and oxygen atoms in total. The highest BCUT2D eigenvalue weighted by atomic mass is 16.6. The predicted molar refractivity (Wildman–Crippen MR) is 153 cm³/mol. The third-order valence-electron chi connectivity index (χ3n) is 7.75. The van der Waals surface area contributed by atoms with Gasteiger partial charge in [-0.05, 0) is 67.8 Å². The van der Waals surface area contributed by atoms with E-state index in [9.17, 15) is 9.59 Å². The van der Waals surface area contributed by atoms with Gasteiger partial charge < -0.3 is 13.9 Å². The third-order valence-corrected chi connectivity index (χ3v) is 7.75. The number of rotatable bonds is 6. The van der Waals surface area contributed by atoms with Gasteiger partial charge in [0.2, 0.25) is 0 Å². The Labute approximate surface area is 233 Å². The fourth-order valence-corrected chi connectivity index (χ4v) is 5.31. The molecule has 1 saturated carbocycles. The number of aryl methyl sites for hydroxylation is 1. The zero-order valence-corrected chi connectivity index (χ0v) is 22.4. The number of hydrogen-bond acceptors (Lipinski definition) is 5. The van der Waals surface area contributed by atoms with E-state index in [1.54, 1.807) is 0 Å². The van der Waals surface area contributed by atoms with Gasteiger partial charge >= 0.3 is 11.9 Å². The number of hydrogen-bond donors (Lipinski definition) is 0. The number of cyclic esters (lactones) is 1. The summed E-state index contributed by atoms with van der Waals surface area (Å²) in [5.74, 6) is 6.59. The molecule has 5 heteroatoms. The molecule has 1 aliphatic heterocycles. The van der Waals surface area contributed by atoms with Gasteiger partial charge in [0.25, 0.3) is 0 Å². The molecule has 4 aromatic rings. The van der Waals surface area contributed by atoms with E-state index in [1.807, 2.05) is 72.8 Å². The largest absolute Gasteiger partial charge is 0.461 e. The molecule has 1 aliphatic carbocycles. The van der Waals surface area contributed by atoms with Crippen LogP contribution in [0.25, 0.3) is 17.0 Å². The minimum Gasteiger partial charge on any atom is -0.461 e. The van der Waals surface area contributed by atoms with Crippen molar-refractivity contribution in [2.45, 2.75) is 45.1 Å². The van der Waals surface area contributed by atoms with Gasteiger partial charge in [-0.1, -0.05) is 66.3 Å². The molecule has 1 unspecified atom stereocenters. The maximum atomic E-state index is 13.2. The summed E-state index contributed by atoms with van der Waals surface area (Å²) in [7, 11) is 0. The number of carbonyl (C=O) groups excluding carboxylic acids is 2. The highest BCUT2D eigenvalue weighted by Crippen LogP contribution is 2.45. The number of ether oxygens (including phenoxy) is 2. The number of furan rings is 1. The summed E-state index contributed by atoms with van der Waals surface area (Å²) in [6.45, 7) is 2.11. The van der Waals surface area contributed by atoms with Crippen molar-refractivity contribution in [1.29, 1.82) is 0 Å². The van der Waals surface area contributed by atoms with Crippen molar-refractivity contribution in [3.05, 3.63) is 112 Å². The van der Waals surface area contributed by atoms with E-state index in [2.05, 4.69) is 30.9 Å². The van der Waals surface area contributed by atoms with Gasteiger partial charge in [-0.2, -0.15) is 0 Å². The number of fused-ring (bicyclic) bond motifs is 1. The topological polar surface area (TPSA) is 65.7 Å². The molecule has 200 valence electrons. The summed E-state index contributed by atoms with van der Waals surface area (Å²) in [5, 5.41) is 0.962. The van der Waals surface area contributed by atoms with Gasteiger partial charge in [0.05, 0.1) is 5.41 Å². The SMILES string of the molecule is Cc1ccc(C#Cc2ccc3oc(CC4(C(=O)OCC5C/C(=C\c6ccccc6)C(=O)O5)CCC4)cc3c2)cc1. The lowest BCUT2D eigenvalue weighted by atomic mass is 9.66. The van der Waals surface area contributed by atoms with Gasteiger partial charge in [-0.15, -0.1) is 0 Å². The summed E-state index contributed by atoms with van der Waals surface area (Å²) in [5.41, 5.74) is 4.79. The molecular formula is C35H30O5. The lowest BCUT2D eigenvalue weighted by Gasteiger charge is -2.38.